The van der Waals surface area contributed by atoms with Crippen molar-refractivity contribution in [1.82, 2.24) is 60.4 Å². The van der Waals surface area contributed by atoms with Crippen LogP contribution in [0.1, 0.15) is 118 Å². The molecule has 0 aliphatic carbocycles. The van der Waals surface area contributed by atoms with E-state index >= 15 is 0 Å². The minimum absolute atomic E-state index is 0.00185. The quantitative estimate of drug-likeness (QED) is 0.0371. The monoisotopic (exact) mass is 1390 g/mol. The van der Waals surface area contributed by atoms with E-state index in [9.17, 15) is 30.0 Å². The number of carboxylic acid groups (broad SMARTS) is 2. The average Bonchev–Trinajstić information content (AvgIpc) is 1.56. The van der Waals surface area contributed by atoms with Crippen LogP contribution in [0.2, 0.25) is 0 Å². The normalized spacial score (nSPS) is 17.8. The van der Waals surface area contributed by atoms with Gasteiger partial charge in [-0.25, -0.2) is 9.36 Å². The van der Waals surface area contributed by atoms with Gasteiger partial charge in [0.2, 0.25) is 0 Å². The van der Waals surface area contributed by atoms with E-state index in [1.54, 1.807) is 23.5 Å². The Morgan fingerprint density at radius 2 is 0.910 bits per heavy atom. The van der Waals surface area contributed by atoms with Crippen molar-refractivity contribution in [2.75, 3.05) is 53.5 Å². The molecule has 14 N–H and O–H groups in total. The number of nitrogens with one attached hydrogen (secondary N) is 2. The molecule has 28 heteroatoms. The first-order chi connectivity index (χ1) is 47.7. The lowest BCUT2D eigenvalue weighted by Gasteiger charge is -2.25. The Morgan fingerprint density at radius 1 is 0.540 bits per heavy atom. The molecule has 0 amide bonds. The molecule has 100 heavy (non-hydrogen) atoms. The van der Waals surface area contributed by atoms with Gasteiger partial charge in [-0.15, -0.1) is 10.2 Å². The number of rotatable bonds is 26. The summed E-state index contributed by atoms with van der Waals surface area (Å²) in [5.41, 5.74) is 16.0. The summed E-state index contributed by atoms with van der Waals surface area (Å²) in [6.45, 7) is 15.9. The lowest BCUT2D eigenvalue weighted by atomic mass is 9.84. The molecule has 0 fully saturated rings. The van der Waals surface area contributed by atoms with Gasteiger partial charge in [0, 0.05) is 90.7 Å². The molecule has 0 saturated heterocycles. The number of aryl methyl sites for hydroxylation is 6. The highest BCUT2D eigenvalue weighted by Crippen LogP contribution is 2.37. The molecule has 4 aromatic heterocycles. The van der Waals surface area contributed by atoms with Crippen LogP contribution in [0.25, 0.3) is 22.1 Å². The summed E-state index contributed by atoms with van der Waals surface area (Å²) in [5, 5.41) is 132. The van der Waals surface area contributed by atoms with Gasteiger partial charge < -0.3 is 81.4 Å². The van der Waals surface area contributed by atoms with Crippen LogP contribution in [-0.4, -0.2) is 238 Å². The molecule has 2 aliphatic rings. The Kier molecular flexibility index (Phi) is 29.8. The Morgan fingerprint density at radius 3 is 1.25 bits per heavy atom. The Balaban J connectivity index is 0.000000209. The summed E-state index contributed by atoms with van der Waals surface area (Å²) < 4.78 is 16.0. The van der Waals surface area contributed by atoms with Crippen molar-refractivity contribution < 1.29 is 80.3 Å². The maximum Gasteiger partial charge on any atom is 0.304 e. The lowest BCUT2D eigenvalue weighted by molar-refractivity contribution is -0.138. The number of carboxylic acids is 2. The first-order valence-electron chi connectivity index (χ1n) is 33.6. The van der Waals surface area contributed by atoms with Gasteiger partial charge in [-0.3, -0.25) is 29.4 Å². The van der Waals surface area contributed by atoms with Crippen molar-refractivity contribution in [2.24, 2.45) is 14.1 Å². The molecule has 6 heterocycles. The average molecular weight is 1390 g/mol. The van der Waals surface area contributed by atoms with E-state index in [0.717, 1.165) is 117 Å². The number of carbonyl (C=O) groups is 2. The summed E-state index contributed by atoms with van der Waals surface area (Å²) in [5.74, 6) is -0.520. The van der Waals surface area contributed by atoms with Crippen LogP contribution >= 0.6 is 0 Å². The van der Waals surface area contributed by atoms with E-state index in [-0.39, 0.29) is 50.0 Å². The number of benzene rings is 4. The number of nitrogens with zero attached hydrogens (tertiary/aromatic N) is 10. The standard InChI is InChI=1S/2C29H33N5O3.2C7H17NO5/c2*1-5-22-16-34(17-25-27(37-22)7-6-12-30-25)15-21-13-20(9-8-18(21)2)24(14-28(35)36)23-10-11-26-29(19(23)3)31-32-33(26)4;2*1-8-2-4(10)6(12)7(13)5(11)3-9/h2*6-13,22,24H,5,14-17H2,1-4H3,(H,35,36);2*4-13H,2-3H2,1H3/t2*22-,24-;2*4-,5+,6+,7+/m1100/s1. The fourth-order valence-electron chi connectivity index (χ4n) is 12.4. The van der Waals surface area contributed by atoms with Gasteiger partial charge in [-0.05, 0) is 147 Å². The summed E-state index contributed by atoms with van der Waals surface area (Å²) in [4.78, 5) is 37.8. The third-order valence-corrected chi connectivity index (χ3v) is 18.3. The molecule has 12 atom stereocenters. The highest BCUT2D eigenvalue weighted by molar-refractivity contribution is 5.81. The maximum atomic E-state index is 12.0. The first kappa shape index (κ1) is 79.3. The minimum Gasteiger partial charge on any atom is -0.487 e. The Labute approximate surface area is 582 Å². The van der Waals surface area contributed by atoms with Gasteiger partial charge in [0.15, 0.2) is 0 Å². The highest BCUT2D eigenvalue weighted by atomic mass is 16.5. The summed E-state index contributed by atoms with van der Waals surface area (Å²) in [6.07, 6.45) is -5.66. The fraction of sp³-hybridized carbons (Fsp3) is 0.500. The molecule has 0 saturated carbocycles. The highest BCUT2D eigenvalue weighted by Gasteiger charge is 2.32. The summed E-state index contributed by atoms with van der Waals surface area (Å²) in [6, 6.07) is 28.5. The third-order valence-electron chi connectivity index (χ3n) is 18.3. The van der Waals surface area contributed by atoms with E-state index in [0.29, 0.717) is 13.1 Å². The van der Waals surface area contributed by atoms with Crippen molar-refractivity contribution in [3.8, 4) is 11.5 Å². The number of hydrogen-bond acceptors (Lipinski definition) is 24. The molecular formula is C72H100N12O16. The predicted octanol–water partition coefficient (Wildman–Crippen LogP) is 2.80. The van der Waals surface area contributed by atoms with Crippen LogP contribution < -0.4 is 20.1 Å². The van der Waals surface area contributed by atoms with Gasteiger partial charge in [0.05, 0.1) is 60.7 Å². The summed E-state index contributed by atoms with van der Waals surface area (Å²) >= 11 is 0. The lowest BCUT2D eigenvalue weighted by Crippen LogP contribution is -2.48. The van der Waals surface area contributed by atoms with Gasteiger partial charge in [-0.1, -0.05) is 72.8 Å². The Bertz CT molecular complexity index is 3680. The second-order valence-corrected chi connectivity index (χ2v) is 25.6. The number of aliphatic carboxylic acids is 2. The zero-order chi connectivity index (χ0) is 73.1. The van der Waals surface area contributed by atoms with Gasteiger partial charge in [0.1, 0.15) is 71.4 Å². The van der Waals surface area contributed by atoms with Crippen LogP contribution in [-0.2, 0) is 49.9 Å². The molecule has 28 nitrogen and oxygen atoms in total. The van der Waals surface area contributed by atoms with E-state index in [1.165, 1.54) is 22.3 Å². The van der Waals surface area contributed by atoms with Crippen LogP contribution in [0, 0.1) is 27.7 Å². The number of ether oxygens (including phenoxy) is 2. The SMILES string of the molecule is CC[C@@H]1CN(Cc2cc([C@@H](CC(=O)O)c3ccc4c(nnn4C)c3C)ccc2C)Cc2ncccc2O1.CC[C@@H]1CN(Cc2cc([C@@H](CC(=O)O)c3ccc4c(nnn4C)c3C)ccc2C)Cc2ncccc2O1.CNC[C@H](O)[C@@H](O)[C@H](O)[C@H](O)CO.CNC[C@H](O)[C@@H](O)[C@H](O)[C@H](O)CO. The molecule has 4 aromatic carbocycles. The van der Waals surface area contributed by atoms with Gasteiger partial charge in [-0.2, -0.15) is 0 Å². The number of aliphatic hydroxyl groups excluding tert-OH is 10. The molecule has 0 unspecified atom stereocenters. The maximum absolute atomic E-state index is 12.0. The number of pyridine rings is 2. The minimum atomic E-state index is -1.55. The van der Waals surface area contributed by atoms with Crippen molar-refractivity contribution in [2.45, 2.75) is 166 Å². The first-order valence-corrected chi connectivity index (χ1v) is 33.6. The van der Waals surface area contributed by atoms with E-state index in [4.69, 9.17) is 50.3 Å². The smallest absolute Gasteiger partial charge is 0.304 e. The second kappa shape index (κ2) is 37.6. The number of likely N-dealkylation sites (N-methyl/N-ethyl adjacent to an activating group) is 2. The fourth-order valence-corrected chi connectivity index (χ4v) is 12.4. The van der Waals surface area contributed by atoms with Gasteiger partial charge in [0.25, 0.3) is 0 Å². The number of aliphatic hydroxyl groups is 10. The van der Waals surface area contributed by atoms with Crippen molar-refractivity contribution in [3.63, 3.8) is 0 Å². The van der Waals surface area contributed by atoms with Crippen LogP contribution in [0.15, 0.2) is 97.3 Å². The zero-order valence-electron chi connectivity index (χ0n) is 58.5. The number of hydrogen-bond donors (Lipinski definition) is 14. The van der Waals surface area contributed by atoms with Crippen molar-refractivity contribution in [3.05, 3.63) is 164 Å². The van der Waals surface area contributed by atoms with E-state index < -0.39 is 74.0 Å². The largest absolute Gasteiger partial charge is 0.487 e. The van der Waals surface area contributed by atoms with Crippen molar-refractivity contribution in [1.29, 1.82) is 0 Å². The molecule has 0 spiro atoms. The van der Waals surface area contributed by atoms with Crippen molar-refractivity contribution >= 4 is 34.0 Å². The topological polar surface area (TPSA) is 413 Å². The molecule has 10 rings (SSSR count). The molecular weight excluding hydrogens is 1290 g/mol. The number of fused-ring (bicyclic) bond motifs is 4. The summed E-state index contributed by atoms with van der Waals surface area (Å²) in [7, 11) is 6.87. The van der Waals surface area contributed by atoms with Crippen LogP contribution in [0.5, 0.6) is 11.5 Å². The molecule has 0 radical (unpaired) electrons. The number of aromatic nitrogens is 8. The predicted molar refractivity (Wildman–Crippen MR) is 373 cm³/mol. The van der Waals surface area contributed by atoms with Gasteiger partial charge >= 0.3 is 11.9 Å². The van der Waals surface area contributed by atoms with Crippen LogP contribution in [0.3, 0.4) is 0 Å². The van der Waals surface area contributed by atoms with E-state index in [2.05, 4.69) is 115 Å². The molecule has 0 bridgehead atoms. The van der Waals surface area contributed by atoms with E-state index in [1.807, 2.05) is 88.9 Å². The molecule has 544 valence electrons. The Hall–Kier alpha value is -8.04. The third kappa shape index (κ3) is 20.6. The second-order valence-electron chi connectivity index (χ2n) is 25.6. The van der Waals surface area contributed by atoms with Crippen LogP contribution in [0.4, 0.5) is 0 Å². The molecule has 8 aromatic rings. The molecule has 2 aliphatic heterocycles. The zero-order valence-corrected chi connectivity index (χ0v) is 58.5.